The van der Waals surface area contributed by atoms with E-state index in [0.717, 1.165) is 25.8 Å². The molecule has 1 aliphatic rings. The average molecular weight is 268 g/mol. The average Bonchev–Trinajstić information content (AvgIpc) is 2.62. The number of nitrogens with zero attached hydrogens (tertiary/aromatic N) is 1. The van der Waals surface area contributed by atoms with Gasteiger partial charge in [0.1, 0.15) is 0 Å². The molecule has 0 aliphatic carbocycles. The Morgan fingerprint density at radius 2 is 1.95 bits per heavy atom. The minimum Gasteiger partial charge on any atom is -0.340 e. The number of rotatable bonds is 5. The van der Waals surface area contributed by atoms with Crippen molar-refractivity contribution in [2.45, 2.75) is 66.3 Å². The molecule has 3 heteroatoms. The van der Waals surface area contributed by atoms with Crippen molar-refractivity contribution in [3.05, 3.63) is 0 Å². The van der Waals surface area contributed by atoms with E-state index in [1.165, 1.54) is 0 Å². The Morgan fingerprint density at radius 3 is 2.37 bits per heavy atom. The van der Waals surface area contributed by atoms with Gasteiger partial charge in [-0.15, -0.1) is 0 Å². The lowest BCUT2D eigenvalue weighted by atomic mass is 9.76. The Labute approximate surface area is 118 Å². The van der Waals surface area contributed by atoms with Crippen LogP contribution in [0.3, 0.4) is 0 Å². The SMILES string of the molecule is CC1CC(C)N(C(=O)CCC(CCN)C(C)(C)C)C1. The number of carbonyl (C=O) groups is 1. The van der Waals surface area contributed by atoms with Crippen molar-refractivity contribution in [2.75, 3.05) is 13.1 Å². The summed E-state index contributed by atoms with van der Waals surface area (Å²) in [5.41, 5.74) is 5.94. The van der Waals surface area contributed by atoms with Gasteiger partial charge < -0.3 is 10.6 Å². The summed E-state index contributed by atoms with van der Waals surface area (Å²) >= 11 is 0. The molecule has 1 heterocycles. The molecule has 1 saturated heterocycles. The molecule has 1 fully saturated rings. The van der Waals surface area contributed by atoms with E-state index in [9.17, 15) is 4.79 Å². The number of nitrogens with two attached hydrogens (primary N) is 1. The fourth-order valence-electron chi connectivity index (χ4n) is 3.30. The normalized spacial score (nSPS) is 25.7. The third-order valence-electron chi connectivity index (χ3n) is 4.55. The van der Waals surface area contributed by atoms with Crippen LogP contribution in [0.4, 0.5) is 0 Å². The third-order valence-corrected chi connectivity index (χ3v) is 4.55. The zero-order valence-corrected chi connectivity index (χ0v) is 13.4. The first kappa shape index (κ1) is 16.5. The lowest BCUT2D eigenvalue weighted by molar-refractivity contribution is -0.132. The fraction of sp³-hybridized carbons (Fsp3) is 0.938. The van der Waals surface area contributed by atoms with E-state index in [2.05, 4.69) is 39.5 Å². The second kappa shape index (κ2) is 6.74. The van der Waals surface area contributed by atoms with E-state index >= 15 is 0 Å². The minimum absolute atomic E-state index is 0.240. The molecule has 0 radical (unpaired) electrons. The molecule has 3 unspecified atom stereocenters. The second-order valence-corrected chi connectivity index (χ2v) is 7.41. The van der Waals surface area contributed by atoms with E-state index < -0.39 is 0 Å². The summed E-state index contributed by atoms with van der Waals surface area (Å²) in [7, 11) is 0. The van der Waals surface area contributed by atoms with E-state index in [4.69, 9.17) is 5.73 Å². The van der Waals surface area contributed by atoms with Crippen molar-refractivity contribution >= 4 is 5.91 Å². The van der Waals surface area contributed by atoms with E-state index in [1.54, 1.807) is 0 Å². The van der Waals surface area contributed by atoms with Crippen molar-refractivity contribution in [3.63, 3.8) is 0 Å². The van der Waals surface area contributed by atoms with Gasteiger partial charge in [-0.2, -0.15) is 0 Å². The molecule has 0 aromatic rings. The van der Waals surface area contributed by atoms with Gasteiger partial charge in [-0.1, -0.05) is 27.7 Å². The van der Waals surface area contributed by atoms with Crippen LogP contribution in [-0.4, -0.2) is 29.9 Å². The van der Waals surface area contributed by atoms with Crippen LogP contribution in [0.5, 0.6) is 0 Å². The molecule has 1 aliphatic heterocycles. The lowest BCUT2D eigenvalue weighted by Gasteiger charge is -2.31. The van der Waals surface area contributed by atoms with Crippen LogP contribution >= 0.6 is 0 Å². The summed E-state index contributed by atoms with van der Waals surface area (Å²) in [5, 5.41) is 0. The molecular formula is C16H32N2O. The third kappa shape index (κ3) is 4.79. The van der Waals surface area contributed by atoms with Crippen molar-refractivity contribution in [2.24, 2.45) is 23.0 Å². The second-order valence-electron chi connectivity index (χ2n) is 7.41. The first-order valence-electron chi connectivity index (χ1n) is 7.75. The molecule has 3 nitrogen and oxygen atoms in total. The van der Waals surface area contributed by atoms with Gasteiger partial charge in [0, 0.05) is 19.0 Å². The van der Waals surface area contributed by atoms with Gasteiger partial charge in [-0.3, -0.25) is 4.79 Å². The molecular weight excluding hydrogens is 236 g/mol. The highest BCUT2D eigenvalue weighted by atomic mass is 16.2. The minimum atomic E-state index is 0.240. The Morgan fingerprint density at radius 1 is 1.32 bits per heavy atom. The highest BCUT2D eigenvalue weighted by Gasteiger charge is 2.31. The number of hydrogen-bond acceptors (Lipinski definition) is 2. The highest BCUT2D eigenvalue weighted by Crippen LogP contribution is 2.33. The first-order valence-corrected chi connectivity index (χ1v) is 7.75. The number of hydrogen-bond donors (Lipinski definition) is 1. The molecule has 0 aromatic heterocycles. The van der Waals surface area contributed by atoms with Crippen molar-refractivity contribution in [3.8, 4) is 0 Å². The quantitative estimate of drug-likeness (QED) is 0.833. The van der Waals surface area contributed by atoms with Gasteiger partial charge in [0.05, 0.1) is 0 Å². The Bertz CT molecular complexity index is 296. The molecule has 0 spiro atoms. The van der Waals surface area contributed by atoms with Gasteiger partial charge in [0.2, 0.25) is 5.91 Å². The van der Waals surface area contributed by atoms with Crippen LogP contribution in [0, 0.1) is 17.3 Å². The maximum Gasteiger partial charge on any atom is 0.222 e. The fourth-order valence-corrected chi connectivity index (χ4v) is 3.30. The van der Waals surface area contributed by atoms with Crippen LogP contribution in [0.15, 0.2) is 0 Å². The molecule has 3 atom stereocenters. The molecule has 0 bridgehead atoms. The molecule has 1 rings (SSSR count). The maximum absolute atomic E-state index is 12.3. The van der Waals surface area contributed by atoms with Crippen LogP contribution in [0.25, 0.3) is 0 Å². The van der Waals surface area contributed by atoms with Gasteiger partial charge in [0.25, 0.3) is 0 Å². The van der Waals surface area contributed by atoms with Gasteiger partial charge >= 0.3 is 0 Å². The number of likely N-dealkylation sites (tertiary alicyclic amines) is 1. The molecule has 112 valence electrons. The summed E-state index contributed by atoms with van der Waals surface area (Å²) in [6, 6.07) is 0.421. The molecule has 0 saturated carbocycles. The monoisotopic (exact) mass is 268 g/mol. The molecule has 0 aromatic carbocycles. The van der Waals surface area contributed by atoms with Crippen LogP contribution in [0.2, 0.25) is 0 Å². The van der Waals surface area contributed by atoms with Crippen molar-refractivity contribution in [1.29, 1.82) is 0 Å². The van der Waals surface area contributed by atoms with Crippen LogP contribution < -0.4 is 5.73 Å². The van der Waals surface area contributed by atoms with Gasteiger partial charge in [0.15, 0.2) is 0 Å². The molecule has 2 N–H and O–H groups in total. The topological polar surface area (TPSA) is 46.3 Å². The molecule has 1 amide bonds. The van der Waals surface area contributed by atoms with Gasteiger partial charge in [-0.25, -0.2) is 0 Å². The Balaban J connectivity index is 2.48. The number of carbonyl (C=O) groups excluding carboxylic acids is 1. The first-order chi connectivity index (χ1) is 8.75. The smallest absolute Gasteiger partial charge is 0.222 e. The Hall–Kier alpha value is -0.570. The van der Waals surface area contributed by atoms with Crippen molar-refractivity contribution in [1.82, 2.24) is 4.90 Å². The van der Waals surface area contributed by atoms with E-state index in [0.29, 0.717) is 36.8 Å². The number of amides is 1. The van der Waals surface area contributed by atoms with Crippen LogP contribution in [0.1, 0.15) is 60.3 Å². The summed E-state index contributed by atoms with van der Waals surface area (Å²) in [6.45, 7) is 12.8. The Kier molecular flexibility index (Phi) is 5.84. The highest BCUT2D eigenvalue weighted by molar-refractivity contribution is 5.76. The standard InChI is InChI=1S/C16H32N2O/c1-12-10-13(2)18(11-12)15(19)7-6-14(8-9-17)16(3,4)5/h12-14H,6-11,17H2,1-5H3. The predicted molar refractivity (Wildman–Crippen MR) is 80.8 cm³/mol. The summed E-state index contributed by atoms with van der Waals surface area (Å²) in [4.78, 5) is 14.4. The van der Waals surface area contributed by atoms with Gasteiger partial charge in [-0.05, 0) is 50.0 Å². The molecule has 19 heavy (non-hydrogen) atoms. The van der Waals surface area contributed by atoms with Crippen molar-refractivity contribution < 1.29 is 4.79 Å². The maximum atomic E-state index is 12.3. The van der Waals surface area contributed by atoms with E-state index in [-0.39, 0.29) is 5.41 Å². The zero-order chi connectivity index (χ0) is 14.6. The summed E-state index contributed by atoms with van der Waals surface area (Å²) in [6.07, 6.45) is 3.82. The van der Waals surface area contributed by atoms with E-state index in [1.807, 2.05) is 0 Å². The lowest BCUT2D eigenvalue weighted by Crippen LogP contribution is -2.35. The predicted octanol–water partition coefficient (Wildman–Crippen LogP) is 3.03. The summed E-state index contributed by atoms with van der Waals surface area (Å²) < 4.78 is 0. The largest absolute Gasteiger partial charge is 0.340 e. The zero-order valence-electron chi connectivity index (χ0n) is 13.4. The summed E-state index contributed by atoms with van der Waals surface area (Å²) in [5.74, 6) is 1.53. The van der Waals surface area contributed by atoms with Crippen LogP contribution in [-0.2, 0) is 4.79 Å².